The highest BCUT2D eigenvalue weighted by molar-refractivity contribution is 7.99. The molecule has 2 aromatic carbocycles. The topological polar surface area (TPSA) is 76.0 Å². The molecule has 0 aliphatic heterocycles. The van der Waals surface area contributed by atoms with Gasteiger partial charge in [0.15, 0.2) is 6.29 Å². The van der Waals surface area contributed by atoms with Crippen molar-refractivity contribution in [3.63, 3.8) is 0 Å². The van der Waals surface area contributed by atoms with Gasteiger partial charge in [-0.2, -0.15) is 0 Å². The van der Waals surface area contributed by atoms with Gasteiger partial charge < -0.3 is 19.3 Å². The van der Waals surface area contributed by atoms with Crippen molar-refractivity contribution < 1.29 is 23.8 Å². The molecule has 0 aromatic heterocycles. The van der Waals surface area contributed by atoms with Gasteiger partial charge in [0.2, 0.25) is 0 Å². The summed E-state index contributed by atoms with van der Waals surface area (Å²) in [5.41, 5.74) is 0.625. The Kier molecular flexibility index (Phi) is 6.27. The summed E-state index contributed by atoms with van der Waals surface area (Å²) in [6.07, 6.45) is -0.531. The Morgan fingerprint density at radius 3 is 2.04 bits per heavy atom. The molecule has 0 saturated heterocycles. The third-order valence-electron chi connectivity index (χ3n) is 3.01. The minimum absolute atomic E-state index is 0.234. The zero-order valence-electron chi connectivity index (χ0n) is 12.9. The quantitative estimate of drug-likeness (QED) is 0.580. The lowest BCUT2D eigenvalue weighted by Gasteiger charge is -2.12. The van der Waals surface area contributed by atoms with Crippen molar-refractivity contribution in [2.75, 3.05) is 7.11 Å². The van der Waals surface area contributed by atoms with Gasteiger partial charge in [0, 0.05) is 16.9 Å². The van der Waals surface area contributed by atoms with E-state index in [0.29, 0.717) is 5.56 Å². The third kappa shape index (κ3) is 6.37. The number of benzene rings is 2. The van der Waals surface area contributed by atoms with Gasteiger partial charge in [-0.05, 0) is 48.9 Å². The predicted octanol–water partition coefficient (Wildman–Crippen LogP) is 3.89. The summed E-state index contributed by atoms with van der Waals surface area (Å²) in [5, 5.41) is 0. The van der Waals surface area contributed by atoms with Crippen LogP contribution < -0.4 is 4.74 Å². The van der Waals surface area contributed by atoms with Crippen LogP contribution >= 0.6 is 19.4 Å². The SMILES string of the molecule is COC(C)Oc1ccc(Sc2ccc(CP(=O)(O)O)cc2)cc1. The van der Waals surface area contributed by atoms with E-state index in [0.717, 1.165) is 15.5 Å². The number of ether oxygens (including phenoxy) is 2. The Bertz CT molecular complexity index is 666. The summed E-state index contributed by atoms with van der Waals surface area (Å²) in [6, 6.07) is 14.8. The van der Waals surface area contributed by atoms with Gasteiger partial charge in [-0.1, -0.05) is 23.9 Å². The molecule has 23 heavy (non-hydrogen) atoms. The average molecular weight is 354 g/mol. The fourth-order valence-electron chi connectivity index (χ4n) is 1.86. The van der Waals surface area contributed by atoms with Crippen molar-refractivity contribution >= 4 is 19.4 Å². The molecule has 0 spiro atoms. The fourth-order valence-corrected chi connectivity index (χ4v) is 3.37. The lowest BCUT2D eigenvalue weighted by atomic mass is 10.2. The zero-order valence-corrected chi connectivity index (χ0v) is 14.6. The first-order chi connectivity index (χ1) is 10.9. The summed E-state index contributed by atoms with van der Waals surface area (Å²) in [5.74, 6) is 0.737. The maximum atomic E-state index is 11.0. The van der Waals surface area contributed by atoms with Gasteiger partial charge in [0.1, 0.15) is 5.75 Å². The van der Waals surface area contributed by atoms with E-state index in [1.807, 2.05) is 43.3 Å². The molecule has 1 unspecified atom stereocenters. The molecule has 7 heteroatoms. The Labute approximate surface area is 139 Å². The van der Waals surface area contributed by atoms with Crippen LogP contribution in [0.1, 0.15) is 12.5 Å². The Hall–Kier alpha value is -1.30. The van der Waals surface area contributed by atoms with E-state index >= 15 is 0 Å². The van der Waals surface area contributed by atoms with Crippen LogP contribution in [0, 0.1) is 0 Å². The van der Waals surface area contributed by atoms with Crippen LogP contribution in [0.15, 0.2) is 58.3 Å². The van der Waals surface area contributed by atoms with Crippen LogP contribution in [0.25, 0.3) is 0 Å². The summed E-state index contributed by atoms with van der Waals surface area (Å²) in [6.45, 7) is 1.82. The van der Waals surface area contributed by atoms with E-state index in [-0.39, 0.29) is 12.5 Å². The van der Waals surface area contributed by atoms with Crippen LogP contribution in [0.3, 0.4) is 0 Å². The summed E-state index contributed by atoms with van der Waals surface area (Å²) in [7, 11) is -2.43. The maximum absolute atomic E-state index is 11.0. The van der Waals surface area contributed by atoms with Crippen molar-refractivity contribution in [2.24, 2.45) is 0 Å². The second-order valence-electron chi connectivity index (χ2n) is 4.96. The Morgan fingerprint density at radius 1 is 1.04 bits per heavy atom. The van der Waals surface area contributed by atoms with Gasteiger partial charge in [-0.15, -0.1) is 0 Å². The van der Waals surface area contributed by atoms with Crippen molar-refractivity contribution in [3.8, 4) is 5.75 Å². The normalized spacial score (nSPS) is 12.9. The highest BCUT2D eigenvalue weighted by atomic mass is 32.2. The van der Waals surface area contributed by atoms with Crippen molar-refractivity contribution in [1.82, 2.24) is 0 Å². The average Bonchev–Trinajstić information content (AvgIpc) is 2.49. The lowest BCUT2D eigenvalue weighted by Crippen LogP contribution is -2.13. The van der Waals surface area contributed by atoms with Gasteiger partial charge in [0.05, 0.1) is 6.16 Å². The number of hydrogen-bond acceptors (Lipinski definition) is 4. The highest BCUT2D eigenvalue weighted by Crippen LogP contribution is 2.39. The molecule has 124 valence electrons. The smallest absolute Gasteiger partial charge is 0.329 e. The molecule has 2 aromatic rings. The van der Waals surface area contributed by atoms with E-state index in [2.05, 4.69) is 0 Å². The van der Waals surface area contributed by atoms with Crippen LogP contribution in [0.5, 0.6) is 5.75 Å². The van der Waals surface area contributed by atoms with Crippen LogP contribution in [-0.2, 0) is 15.5 Å². The van der Waals surface area contributed by atoms with Gasteiger partial charge >= 0.3 is 7.60 Å². The first-order valence-electron chi connectivity index (χ1n) is 6.96. The molecule has 2 rings (SSSR count). The third-order valence-corrected chi connectivity index (χ3v) is 4.80. The van der Waals surface area contributed by atoms with Gasteiger partial charge in [-0.25, -0.2) is 0 Å². The molecule has 1 atom stereocenters. The maximum Gasteiger partial charge on any atom is 0.329 e. The first kappa shape index (κ1) is 18.0. The minimum atomic E-state index is -4.02. The fraction of sp³-hybridized carbons (Fsp3) is 0.250. The number of rotatable bonds is 7. The second kappa shape index (κ2) is 7.99. The highest BCUT2D eigenvalue weighted by Gasteiger charge is 2.13. The molecule has 5 nitrogen and oxygen atoms in total. The number of methoxy groups -OCH3 is 1. The Balaban J connectivity index is 1.98. The molecule has 2 N–H and O–H groups in total. The van der Waals surface area contributed by atoms with Gasteiger partial charge in [-0.3, -0.25) is 4.57 Å². The molecule has 0 amide bonds. The van der Waals surface area contributed by atoms with E-state index in [4.69, 9.17) is 19.3 Å². The zero-order chi connectivity index (χ0) is 16.9. The molecule has 0 heterocycles. The molecule has 0 aliphatic rings. The molecule has 0 bridgehead atoms. The van der Waals surface area contributed by atoms with Crippen LogP contribution in [0.4, 0.5) is 0 Å². The molecule has 0 aliphatic carbocycles. The van der Waals surface area contributed by atoms with E-state index in [1.165, 1.54) is 0 Å². The van der Waals surface area contributed by atoms with E-state index in [1.54, 1.807) is 31.0 Å². The summed E-state index contributed by atoms with van der Waals surface area (Å²) in [4.78, 5) is 20.0. The minimum Gasteiger partial charge on any atom is -0.465 e. The lowest BCUT2D eigenvalue weighted by molar-refractivity contribution is -0.0383. The van der Waals surface area contributed by atoms with Crippen LogP contribution in [0.2, 0.25) is 0 Å². The van der Waals surface area contributed by atoms with E-state index < -0.39 is 7.60 Å². The van der Waals surface area contributed by atoms with E-state index in [9.17, 15) is 4.57 Å². The van der Waals surface area contributed by atoms with Crippen molar-refractivity contribution in [1.29, 1.82) is 0 Å². The Morgan fingerprint density at radius 2 is 1.57 bits per heavy atom. The molecule has 0 radical (unpaired) electrons. The number of hydrogen-bond donors (Lipinski definition) is 2. The molecule has 0 fully saturated rings. The molecule has 0 saturated carbocycles. The first-order valence-corrected chi connectivity index (χ1v) is 9.58. The summed E-state index contributed by atoms with van der Waals surface area (Å²) < 4.78 is 21.5. The second-order valence-corrected chi connectivity index (χ2v) is 7.75. The molecular weight excluding hydrogens is 335 g/mol. The van der Waals surface area contributed by atoms with Crippen LogP contribution in [-0.4, -0.2) is 23.2 Å². The van der Waals surface area contributed by atoms with Gasteiger partial charge in [0.25, 0.3) is 0 Å². The largest absolute Gasteiger partial charge is 0.465 e. The van der Waals surface area contributed by atoms with Crippen molar-refractivity contribution in [2.45, 2.75) is 29.2 Å². The van der Waals surface area contributed by atoms with Crippen molar-refractivity contribution in [3.05, 3.63) is 54.1 Å². The predicted molar refractivity (Wildman–Crippen MR) is 89.9 cm³/mol. The summed E-state index contributed by atoms with van der Waals surface area (Å²) >= 11 is 1.57. The standard InChI is InChI=1S/C16H19O5PS/c1-12(20-2)21-14-5-9-16(10-6-14)23-15-7-3-13(4-8-15)11-22(17,18)19/h3-10,12H,11H2,1-2H3,(H2,17,18,19). The molecular formula is C16H19O5PS. The monoisotopic (exact) mass is 354 g/mol.